The number of hydrogen-bond donors (Lipinski definition) is 0. The fourth-order valence-electron chi connectivity index (χ4n) is 6.76. The first-order valence-electron chi connectivity index (χ1n) is 15.5. The summed E-state index contributed by atoms with van der Waals surface area (Å²) in [6, 6.07) is 58.2. The zero-order valence-electron chi connectivity index (χ0n) is 25.0. The van der Waals surface area contributed by atoms with Crippen LogP contribution in [0.3, 0.4) is 0 Å². The van der Waals surface area contributed by atoms with Gasteiger partial charge < -0.3 is 9.32 Å². The van der Waals surface area contributed by atoms with E-state index < -0.39 is 0 Å². The molecule has 0 saturated heterocycles. The Balaban J connectivity index is 1.28. The molecule has 2 aromatic heterocycles. The second-order valence-corrected chi connectivity index (χ2v) is 11.6. The minimum Gasteiger partial charge on any atom is -0.437 e. The zero-order chi connectivity index (χ0) is 30.5. The van der Waals surface area contributed by atoms with E-state index in [2.05, 4.69) is 168 Å². The Hall–Kier alpha value is -6.19. The summed E-state index contributed by atoms with van der Waals surface area (Å²) < 4.78 is 6.50. The van der Waals surface area contributed by atoms with E-state index in [1.54, 1.807) is 6.20 Å². The van der Waals surface area contributed by atoms with Gasteiger partial charge in [-0.05, 0) is 86.9 Å². The number of aromatic nitrogens is 1. The molecule has 46 heavy (non-hydrogen) atoms. The molecule has 0 aliphatic carbocycles. The van der Waals surface area contributed by atoms with Crippen LogP contribution in [-0.2, 0) is 0 Å². The quantitative estimate of drug-likeness (QED) is 0.200. The van der Waals surface area contributed by atoms with Gasteiger partial charge in [-0.1, -0.05) is 115 Å². The topological polar surface area (TPSA) is 29.3 Å². The second kappa shape index (κ2) is 10.8. The van der Waals surface area contributed by atoms with Gasteiger partial charge in [0.2, 0.25) is 5.71 Å². The van der Waals surface area contributed by atoms with Crippen molar-refractivity contribution in [3.05, 3.63) is 170 Å². The lowest BCUT2D eigenvalue weighted by molar-refractivity contribution is 0.657. The van der Waals surface area contributed by atoms with Gasteiger partial charge in [-0.2, -0.15) is 0 Å². The van der Waals surface area contributed by atoms with E-state index in [0.29, 0.717) is 5.71 Å². The van der Waals surface area contributed by atoms with Crippen LogP contribution in [-0.4, -0.2) is 4.98 Å². The predicted octanol–water partition coefficient (Wildman–Crippen LogP) is 12.1. The van der Waals surface area contributed by atoms with Crippen LogP contribution in [0.5, 0.6) is 0 Å². The summed E-state index contributed by atoms with van der Waals surface area (Å²) in [6.07, 6.45) is 1.78. The van der Waals surface area contributed by atoms with Crippen LogP contribution in [0, 0.1) is 0 Å². The molecule has 0 aliphatic heterocycles. The number of anilines is 3. The molecular weight excluding hydrogens is 560 g/mol. The highest BCUT2D eigenvalue weighted by Crippen LogP contribution is 2.44. The van der Waals surface area contributed by atoms with E-state index in [4.69, 9.17) is 4.42 Å². The van der Waals surface area contributed by atoms with E-state index >= 15 is 0 Å². The van der Waals surface area contributed by atoms with Gasteiger partial charge in [0.05, 0.1) is 5.69 Å². The summed E-state index contributed by atoms with van der Waals surface area (Å²) >= 11 is 0. The molecule has 0 N–H and O–H groups in total. The first-order chi connectivity index (χ1) is 22.8. The van der Waals surface area contributed by atoms with E-state index in [-0.39, 0.29) is 0 Å². The summed E-state index contributed by atoms with van der Waals surface area (Å²) in [5.41, 5.74) is 9.42. The summed E-state index contributed by atoms with van der Waals surface area (Å²) in [5.74, 6) is 0. The number of fused-ring (bicyclic) bond motifs is 6. The Morgan fingerprint density at radius 3 is 2.11 bits per heavy atom. The standard InChI is InChI=1S/C43H28N2O/c1-2-10-29(11-3-1)33-15-6-16-35(28-33)45(34-24-21-31(22-25-34)37-18-7-13-30-12-4-5-17-36(30)37)40-20-8-14-32-23-26-38-39-19-9-27-44-43(39)46-42(38)41(32)40/h1-28H. The van der Waals surface area contributed by atoms with Gasteiger partial charge in [0.1, 0.15) is 5.58 Å². The third kappa shape index (κ3) is 4.33. The van der Waals surface area contributed by atoms with Crippen molar-refractivity contribution in [1.82, 2.24) is 4.98 Å². The lowest BCUT2D eigenvalue weighted by atomic mass is 9.97. The molecule has 2 heterocycles. The second-order valence-electron chi connectivity index (χ2n) is 11.6. The van der Waals surface area contributed by atoms with Crippen molar-refractivity contribution < 1.29 is 4.42 Å². The van der Waals surface area contributed by atoms with E-state index in [1.165, 1.54) is 27.5 Å². The van der Waals surface area contributed by atoms with E-state index in [0.717, 1.165) is 49.8 Å². The Morgan fingerprint density at radius 2 is 1.20 bits per heavy atom. The number of benzene rings is 7. The highest BCUT2D eigenvalue weighted by Gasteiger charge is 2.20. The van der Waals surface area contributed by atoms with Crippen LogP contribution >= 0.6 is 0 Å². The molecular formula is C43H28N2O. The molecule has 0 amide bonds. The predicted molar refractivity (Wildman–Crippen MR) is 192 cm³/mol. The number of rotatable bonds is 5. The molecule has 0 aliphatic rings. The summed E-state index contributed by atoms with van der Waals surface area (Å²) in [6.45, 7) is 0. The number of hydrogen-bond acceptors (Lipinski definition) is 3. The molecule has 9 aromatic rings. The maximum atomic E-state index is 6.50. The van der Waals surface area contributed by atoms with Crippen LogP contribution in [0.1, 0.15) is 0 Å². The van der Waals surface area contributed by atoms with Gasteiger partial charge in [0, 0.05) is 33.7 Å². The lowest BCUT2D eigenvalue weighted by Crippen LogP contribution is -2.10. The average molecular weight is 589 g/mol. The van der Waals surface area contributed by atoms with Crippen molar-refractivity contribution in [3.63, 3.8) is 0 Å². The first kappa shape index (κ1) is 26.2. The molecule has 0 radical (unpaired) electrons. The highest BCUT2D eigenvalue weighted by molar-refractivity contribution is 6.19. The van der Waals surface area contributed by atoms with Gasteiger partial charge in [-0.3, -0.25) is 0 Å². The molecule has 3 nitrogen and oxygen atoms in total. The molecule has 0 bridgehead atoms. The van der Waals surface area contributed by atoms with Gasteiger partial charge in [0.25, 0.3) is 0 Å². The van der Waals surface area contributed by atoms with Crippen molar-refractivity contribution >= 4 is 60.7 Å². The van der Waals surface area contributed by atoms with Crippen LogP contribution in [0.4, 0.5) is 17.1 Å². The van der Waals surface area contributed by atoms with Crippen molar-refractivity contribution in [1.29, 1.82) is 0 Å². The summed E-state index contributed by atoms with van der Waals surface area (Å²) in [4.78, 5) is 6.89. The average Bonchev–Trinajstić information content (AvgIpc) is 3.51. The van der Waals surface area contributed by atoms with Crippen LogP contribution in [0.15, 0.2) is 174 Å². The Labute approximate surface area is 266 Å². The maximum absolute atomic E-state index is 6.50. The van der Waals surface area contributed by atoms with Gasteiger partial charge >= 0.3 is 0 Å². The molecule has 0 spiro atoms. The minimum absolute atomic E-state index is 0.650. The smallest absolute Gasteiger partial charge is 0.227 e. The molecule has 0 atom stereocenters. The molecule has 3 heteroatoms. The van der Waals surface area contributed by atoms with Crippen molar-refractivity contribution in [2.75, 3.05) is 4.90 Å². The normalized spacial score (nSPS) is 11.5. The van der Waals surface area contributed by atoms with Gasteiger partial charge in [-0.15, -0.1) is 0 Å². The van der Waals surface area contributed by atoms with Crippen molar-refractivity contribution in [2.45, 2.75) is 0 Å². The lowest BCUT2D eigenvalue weighted by Gasteiger charge is -2.27. The Bertz CT molecular complexity index is 2530. The van der Waals surface area contributed by atoms with Crippen molar-refractivity contribution in [3.8, 4) is 22.3 Å². The molecule has 9 rings (SSSR count). The van der Waals surface area contributed by atoms with Crippen LogP contribution in [0.2, 0.25) is 0 Å². The van der Waals surface area contributed by atoms with Crippen LogP contribution in [0.25, 0.3) is 65.9 Å². The molecule has 0 saturated carbocycles. The molecule has 0 fully saturated rings. The summed E-state index contributed by atoms with van der Waals surface area (Å²) in [5, 5.41) is 6.74. The number of furan rings is 1. The number of nitrogens with zero attached hydrogens (tertiary/aromatic N) is 2. The van der Waals surface area contributed by atoms with Gasteiger partial charge in [0.15, 0.2) is 0 Å². The molecule has 0 unspecified atom stereocenters. The van der Waals surface area contributed by atoms with E-state index in [9.17, 15) is 0 Å². The fourth-order valence-corrected chi connectivity index (χ4v) is 6.76. The fraction of sp³-hybridized carbons (Fsp3) is 0. The SMILES string of the molecule is c1ccc(-c2cccc(N(c3ccc(-c4cccc5ccccc45)cc3)c3cccc4ccc5c6cccnc6oc5c34)c2)cc1. The Kier molecular flexibility index (Phi) is 6.14. The van der Waals surface area contributed by atoms with E-state index in [1.807, 2.05) is 6.07 Å². The third-order valence-corrected chi connectivity index (χ3v) is 8.91. The first-order valence-corrected chi connectivity index (χ1v) is 15.5. The zero-order valence-corrected chi connectivity index (χ0v) is 25.0. The number of pyridine rings is 1. The molecule has 7 aromatic carbocycles. The highest BCUT2D eigenvalue weighted by atomic mass is 16.3. The van der Waals surface area contributed by atoms with Crippen molar-refractivity contribution in [2.24, 2.45) is 0 Å². The summed E-state index contributed by atoms with van der Waals surface area (Å²) in [7, 11) is 0. The maximum Gasteiger partial charge on any atom is 0.227 e. The monoisotopic (exact) mass is 588 g/mol. The third-order valence-electron chi connectivity index (χ3n) is 8.91. The Morgan fingerprint density at radius 1 is 0.457 bits per heavy atom. The minimum atomic E-state index is 0.650. The molecule has 216 valence electrons. The van der Waals surface area contributed by atoms with Gasteiger partial charge in [-0.25, -0.2) is 4.98 Å². The van der Waals surface area contributed by atoms with Crippen LogP contribution < -0.4 is 4.90 Å². The largest absolute Gasteiger partial charge is 0.437 e.